The van der Waals surface area contributed by atoms with E-state index >= 15 is 0 Å². The summed E-state index contributed by atoms with van der Waals surface area (Å²) in [5.74, 6) is 0.799. The Labute approximate surface area is 156 Å². The molecule has 5 rings (SSSR count). The van der Waals surface area contributed by atoms with Gasteiger partial charge < -0.3 is 9.47 Å². The number of likely N-dealkylation sites (tertiary alicyclic amines) is 1. The van der Waals surface area contributed by atoms with Gasteiger partial charge in [-0.2, -0.15) is 5.10 Å². The average Bonchev–Trinajstić information content (AvgIpc) is 3.41. The first-order chi connectivity index (χ1) is 13.0. The molecule has 0 radical (unpaired) electrons. The van der Waals surface area contributed by atoms with Crippen LogP contribution in [0.2, 0.25) is 0 Å². The molecule has 0 aliphatic carbocycles. The maximum absolute atomic E-state index is 13.2. The summed E-state index contributed by atoms with van der Waals surface area (Å²) in [6, 6.07) is 8.29. The third-order valence-electron chi connectivity index (χ3n) is 5.76. The Bertz CT molecular complexity index is 1020. The fraction of sp³-hybridized carbons (Fsp3) is 0.350. The Kier molecular flexibility index (Phi) is 3.47. The lowest BCUT2D eigenvalue weighted by Crippen LogP contribution is -2.33. The third-order valence-corrected chi connectivity index (χ3v) is 5.76. The van der Waals surface area contributed by atoms with Crippen molar-refractivity contribution in [2.45, 2.75) is 19.4 Å². The van der Waals surface area contributed by atoms with Gasteiger partial charge in [0.2, 0.25) is 0 Å². The van der Waals surface area contributed by atoms with Gasteiger partial charge in [-0.3, -0.25) is 9.48 Å². The van der Waals surface area contributed by atoms with Crippen molar-refractivity contribution in [3.8, 4) is 11.3 Å². The zero-order chi connectivity index (χ0) is 18.6. The van der Waals surface area contributed by atoms with Crippen molar-refractivity contribution in [3.63, 3.8) is 0 Å². The van der Waals surface area contributed by atoms with E-state index in [9.17, 15) is 9.18 Å². The van der Waals surface area contributed by atoms with Crippen molar-refractivity contribution in [3.05, 3.63) is 60.1 Å². The van der Waals surface area contributed by atoms with Gasteiger partial charge in [0.05, 0.1) is 11.9 Å². The zero-order valence-corrected chi connectivity index (χ0v) is 15.1. The molecule has 7 heteroatoms. The number of aryl methyl sites for hydroxylation is 1. The second kappa shape index (κ2) is 5.77. The molecule has 1 aromatic carbocycles. The minimum absolute atomic E-state index is 0.00391. The highest BCUT2D eigenvalue weighted by Crippen LogP contribution is 2.42. The quantitative estimate of drug-likeness (QED) is 0.701. The SMILES string of the molecule is Cn1ccc(C(=O)N2CC[C@@]3(Cc4ncc(-c5ccc(F)cc5)n4C3)C2)n1. The van der Waals surface area contributed by atoms with Crippen LogP contribution in [0.1, 0.15) is 22.7 Å². The van der Waals surface area contributed by atoms with Crippen molar-refractivity contribution in [2.24, 2.45) is 12.5 Å². The summed E-state index contributed by atoms with van der Waals surface area (Å²) in [5, 5.41) is 4.24. The molecular formula is C20H20FN5O. The number of hydrogen-bond acceptors (Lipinski definition) is 3. The summed E-state index contributed by atoms with van der Waals surface area (Å²) < 4.78 is 17.1. The number of halogens is 1. The highest BCUT2D eigenvalue weighted by atomic mass is 19.1. The molecule has 2 aliphatic heterocycles. The second-order valence-electron chi connectivity index (χ2n) is 7.68. The van der Waals surface area contributed by atoms with E-state index < -0.39 is 0 Å². The summed E-state index contributed by atoms with van der Waals surface area (Å²) >= 11 is 0. The summed E-state index contributed by atoms with van der Waals surface area (Å²) in [6.07, 6.45) is 5.47. The number of aromatic nitrogens is 4. The molecule has 2 aliphatic rings. The lowest BCUT2D eigenvalue weighted by molar-refractivity contribution is 0.0765. The molecule has 1 amide bonds. The van der Waals surface area contributed by atoms with Crippen molar-refractivity contribution in [1.29, 1.82) is 0 Å². The van der Waals surface area contributed by atoms with E-state index in [-0.39, 0.29) is 17.1 Å². The van der Waals surface area contributed by atoms with Crippen molar-refractivity contribution < 1.29 is 9.18 Å². The summed E-state index contributed by atoms with van der Waals surface area (Å²) in [6.45, 7) is 2.29. The van der Waals surface area contributed by atoms with Crippen LogP contribution in [0.25, 0.3) is 11.3 Å². The molecule has 138 valence electrons. The fourth-order valence-corrected chi connectivity index (χ4v) is 4.38. The predicted molar refractivity (Wildman–Crippen MR) is 97.5 cm³/mol. The molecular weight excluding hydrogens is 345 g/mol. The van der Waals surface area contributed by atoms with Crippen molar-refractivity contribution in [1.82, 2.24) is 24.2 Å². The lowest BCUT2D eigenvalue weighted by atomic mass is 9.86. The van der Waals surface area contributed by atoms with Gasteiger partial charge in [-0.15, -0.1) is 0 Å². The van der Waals surface area contributed by atoms with E-state index in [1.165, 1.54) is 12.1 Å². The molecule has 1 atom stereocenters. The van der Waals surface area contributed by atoms with Crippen LogP contribution < -0.4 is 0 Å². The molecule has 2 aromatic heterocycles. The normalized spacial score (nSPS) is 21.2. The van der Waals surface area contributed by atoms with E-state index in [4.69, 9.17) is 0 Å². The highest BCUT2D eigenvalue weighted by molar-refractivity contribution is 5.92. The van der Waals surface area contributed by atoms with E-state index in [0.717, 1.165) is 43.0 Å². The van der Waals surface area contributed by atoms with Crippen LogP contribution >= 0.6 is 0 Å². The Morgan fingerprint density at radius 1 is 1.19 bits per heavy atom. The lowest BCUT2D eigenvalue weighted by Gasteiger charge is -2.23. The van der Waals surface area contributed by atoms with Crippen LogP contribution in [0, 0.1) is 11.2 Å². The monoisotopic (exact) mass is 365 g/mol. The topological polar surface area (TPSA) is 56.0 Å². The van der Waals surface area contributed by atoms with Gasteiger partial charge in [0.1, 0.15) is 17.3 Å². The molecule has 0 bridgehead atoms. The maximum Gasteiger partial charge on any atom is 0.274 e. The number of carbonyl (C=O) groups is 1. The van der Waals surface area contributed by atoms with E-state index in [1.54, 1.807) is 29.1 Å². The van der Waals surface area contributed by atoms with E-state index in [1.807, 2.05) is 18.1 Å². The second-order valence-corrected chi connectivity index (χ2v) is 7.68. The van der Waals surface area contributed by atoms with Crippen molar-refractivity contribution >= 4 is 5.91 Å². The Hall–Kier alpha value is -2.96. The molecule has 1 saturated heterocycles. The molecule has 27 heavy (non-hydrogen) atoms. The van der Waals surface area contributed by atoms with Gasteiger partial charge in [0, 0.05) is 44.7 Å². The summed E-state index contributed by atoms with van der Waals surface area (Å²) in [7, 11) is 1.81. The zero-order valence-electron chi connectivity index (χ0n) is 15.1. The van der Waals surface area contributed by atoms with Crippen LogP contribution in [-0.2, 0) is 20.0 Å². The standard InChI is InChI=1S/C20H20FN5O/c1-24-8-6-16(23-24)19(27)25-9-7-20(12-25)10-18-22-11-17(26(18)13-20)14-2-4-15(21)5-3-14/h2-6,8,11H,7,9-10,12-13H2,1H3/t20-/m1/s1. The minimum Gasteiger partial charge on any atom is -0.337 e. The van der Waals surface area contributed by atoms with Crippen LogP contribution in [-0.4, -0.2) is 43.2 Å². The fourth-order valence-electron chi connectivity index (χ4n) is 4.38. The first kappa shape index (κ1) is 16.2. The predicted octanol–water partition coefficient (Wildman–Crippen LogP) is 2.51. The van der Waals surface area contributed by atoms with Crippen LogP contribution in [0.4, 0.5) is 4.39 Å². The molecule has 1 fully saturated rings. The largest absolute Gasteiger partial charge is 0.337 e. The Morgan fingerprint density at radius 2 is 2.00 bits per heavy atom. The van der Waals surface area contributed by atoms with Crippen LogP contribution in [0.15, 0.2) is 42.7 Å². The molecule has 6 nitrogen and oxygen atoms in total. The smallest absolute Gasteiger partial charge is 0.274 e. The number of nitrogens with zero attached hydrogens (tertiary/aromatic N) is 5. The number of carbonyl (C=O) groups excluding carboxylic acids is 1. The third kappa shape index (κ3) is 2.65. The highest BCUT2D eigenvalue weighted by Gasteiger charge is 2.46. The Balaban J connectivity index is 1.37. The molecule has 0 unspecified atom stereocenters. The summed E-state index contributed by atoms with van der Waals surface area (Å²) in [5.41, 5.74) is 2.50. The molecule has 1 spiro atoms. The maximum atomic E-state index is 13.2. The van der Waals surface area contributed by atoms with Gasteiger partial charge in [0.25, 0.3) is 5.91 Å². The van der Waals surface area contributed by atoms with Gasteiger partial charge in [-0.05, 0) is 42.3 Å². The Morgan fingerprint density at radius 3 is 2.74 bits per heavy atom. The number of fused-ring (bicyclic) bond motifs is 1. The molecule has 0 N–H and O–H groups in total. The molecule has 0 saturated carbocycles. The summed E-state index contributed by atoms with van der Waals surface area (Å²) in [4.78, 5) is 19.2. The number of hydrogen-bond donors (Lipinski definition) is 0. The first-order valence-corrected chi connectivity index (χ1v) is 9.12. The van der Waals surface area contributed by atoms with Crippen molar-refractivity contribution in [2.75, 3.05) is 13.1 Å². The average molecular weight is 365 g/mol. The number of benzene rings is 1. The van der Waals surface area contributed by atoms with E-state index in [2.05, 4.69) is 14.6 Å². The number of amides is 1. The van der Waals surface area contributed by atoms with Gasteiger partial charge in [0.15, 0.2) is 0 Å². The minimum atomic E-state index is -0.240. The van der Waals surface area contributed by atoms with Gasteiger partial charge in [-0.25, -0.2) is 9.37 Å². The molecule has 4 heterocycles. The van der Waals surface area contributed by atoms with E-state index in [0.29, 0.717) is 12.2 Å². The first-order valence-electron chi connectivity index (χ1n) is 9.12. The number of rotatable bonds is 2. The van der Waals surface area contributed by atoms with Crippen LogP contribution in [0.3, 0.4) is 0 Å². The molecule has 3 aromatic rings. The van der Waals surface area contributed by atoms with Crippen LogP contribution in [0.5, 0.6) is 0 Å². The van der Waals surface area contributed by atoms with Gasteiger partial charge in [-0.1, -0.05) is 0 Å². The number of imidazole rings is 1. The van der Waals surface area contributed by atoms with Gasteiger partial charge >= 0.3 is 0 Å².